The zero-order valence-electron chi connectivity index (χ0n) is 12.4. The molecule has 1 amide bonds. The minimum absolute atomic E-state index is 0.0570. The SMILES string of the molecule is CSc1ccc(C(=O)N(C)C(C)c2ccccc2O)cc1. The average molecular weight is 301 g/mol. The minimum Gasteiger partial charge on any atom is -0.508 e. The molecule has 0 aliphatic carbocycles. The van der Waals surface area contributed by atoms with Crippen molar-refractivity contribution in [2.24, 2.45) is 0 Å². The van der Waals surface area contributed by atoms with Crippen molar-refractivity contribution >= 4 is 17.7 Å². The number of benzene rings is 2. The summed E-state index contributed by atoms with van der Waals surface area (Å²) >= 11 is 1.64. The van der Waals surface area contributed by atoms with Crippen molar-refractivity contribution in [3.05, 3.63) is 59.7 Å². The smallest absolute Gasteiger partial charge is 0.254 e. The first-order valence-electron chi connectivity index (χ1n) is 6.73. The lowest BCUT2D eigenvalue weighted by Gasteiger charge is -2.26. The van der Waals surface area contributed by atoms with Gasteiger partial charge in [0.25, 0.3) is 5.91 Å². The summed E-state index contributed by atoms with van der Waals surface area (Å²) < 4.78 is 0. The summed E-state index contributed by atoms with van der Waals surface area (Å²) in [4.78, 5) is 15.3. The second-order valence-corrected chi connectivity index (χ2v) is 5.76. The Morgan fingerprint density at radius 2 is 1.76 bits per heavy atom. The van der Waals surface area contributed by atoms with Crippen LogP contribution < -0.4 is 0 Å². The van der Waals surface area contributed by atoms with Gasteiger partial charge in [-0.05, 0) is 43.5 Å². The fourth-order valence-electron chi connectivity index (χ4n) is 2.16. The van der Waals surface area contributed by atoms with Crippen molar-refractivity contribution in [3.8, 4) is 5.75 Å². The quantitative estimate of drug-likeness (QED) is 0.869. The molecule has 1 unspecified atom stereocenters. The number of para-hydroxylation sites is 1. The highest BCUT2D eigenvalue weighted by molar-refractivity contribution is 7.98. The third-order valence-electron chi connectivity index (χ3n) is 3.63. The number of hydrogen-bond acceptors (Lipinski definition) is 3. The van der Waals surface area contributed by atoms with Crippen LogP contribution in [0.5, 0.6) is 5.75 Å². The fraction of sp³-hybridized carbons (Fsp3) is 0.235. The molecule has 1 N–H and O–H groups in total. The van der Waals surface area contributed by atoms with E-state index in [2.05, 4.69) is 0 Å². The Kier molecular flexibility index (Phi) is 4.91. The summed E-state index contributed by atoms with van der Waals surface area (Å²) in [6.45, 7) is 1.91. The molecule has 1 atom stereocenters. The van der Waals surface area contributed by atoms with Crippen LogP contribution in [0.4, 0.5) is 0 Å². The molecule has 0 aromatic heterocycles. The summed E-state index contributed by atoms with van der Waals surface area (Å²) in [6, 6.07) is 14.5. The van der Waals surface area contributed by atoms with E-state index in [0.717, 1.165) is 10.5 Å². The van der Waals surface area contributed by atoms with Crippen LogP contribution >= 0.6 is 11.8 Å². The highest BCUT2D eigenvalue weighted by Crippen LogP contribution is 2.28. The van der Waals surface area contributed by atoms with E-state index in [1.54, 1.807) is 35.8 Å². The number of thioether (sulfide) groups is 1. The van der Waals surface area contributed by atoms with Crippen LogP contribution in [-0.2, 0) is 0 Å². The van der Waals surface area contributed by atoms with Crippen LogP contribution in [0.15, 0.2) is 53.4 Å². The van der Waals surface area contributed by atoms with Gasteiger partial charge in [-0.1, -0.05) is 18.2 Å². The van der Waals surface area contributed by atoms with Crippen molar-refractivity contribution < 1.29 is 9.90 Å². The third kappa shape index (κ3) is 3.39. The maximum Gasteiger partial charge on any atom is 0.254 e. The van der Waals surface area contributed by atoms with Gasteiger partial charge in [-0.15, -0.1) is 11.8 Å². The van der Waals surface area contributed by atoms with Crippen LogP contribution in [0.25, 0.3) is 0 Å². The Labute approximate surface area is 129 Å². The molecule has 3 nitrogen and oxygen atoms in total. The van der Waals surface area contributed by atoms with Gasteiger partial charge in [-0.3, -0.25) is 4.79 Å². The van der Waals surface area contributed by atoms with Gasteiger partial charge in [0.05, 0.1) is 6.04 Å². The second kappa shape index (κ2) is 6.68. The molecule has 0 spiro atoms. The molecule has 0 bridgehead atoms. The van der Waals surface area contributed by atoms with Crippen molar-refractivity contribution in [2.75, 3.05) is 13.3 Å². The normalized spacial score (nSPS) is 12.0. The number of nitrogens with zero attached hydrogens (tertiary/aromatic N) is 1. The van der Waals surface area contributed by atoms with Gasteiger partial charge in [0.1, 0.15) is 5.75 Å². The third-order valence-corrected chi connectivity index (χ3v) is 4.37. The van der Waals surface area contributed by atoms with Crippen molar-refractivity contribution in [3.63, 3.8) is 0 Å². The molecule has 0 aliphatic rings. The molecule has 0 heterocycles. The Bertz CT molecular complexity index is 625. The van der Waals surface area contributed by atoms with Gasteiger partial charge in [-0.25, -0.2) is 0 Å². The van der Waals surface area contributed by atoms with Crippen LogP contribution in [0.1, 0.15) is 28.9 Å². The molecule has 0 saturated heterocycles. The van der Waals surface area contributed by atoms with Crippen molar-refractivity contribution in [2.45, 2.75) is 17.9 Å². The number of rotatable bonds is 4. The molecule has 21 heavy (non-hydrogen) atoms. The number of phenols is 1. The molecule has 0 aliphatic heterocycles. The van der Waals surface area contributed by atoms with Crippen LogP contribution in [0.3, 0.4) is 0 Å². The zero-order valence-corrected chi connectivity index (χ0v) is 13.2. The lowest BCUT2D eigenvalue weighted by atomic mass is 10.1. The van der Waals surface area contributed by atoms with E-state index in [1.165, 1.54) is 0 Å². The van der Waals surface area contributed by atoms with E-state index in [0.29, 0.717) is 5.56 Å². The summed E-state index contributed by atoms with van der Waals surface area (Å²) in [5.74, 6) is 0.154. The van der Waals surface area contributed by atoms with Crippen molar-refractivity contribution in [1.82, 2.24) is 4.90 Å². The predicted octanol–water partition coefficient (Wildman–Crippen LogP) is 3.95. The Morgan fingerprint density at radius 1 is 1.14 bits per heavy atom. The number of phenolic OH excluding ortho intramolecular Hbond substituents is 1. The van der Waals surface area contributed by atoms with Gasteiger partial charge in [0.15, 0.2) is 0 Å². The molecule has 2 aromatic rings. The fourth-order valence-corrected chi connectivity index (χ4v) is 2.57. The van der Waals surface area contributed by atoms with E-state index in [4.69, 9.17) is 0 Å². The highest BCUT2D eigenvalue weighted by atomic mass is 32.2. The van der Waals surface area contributed by atoms with E-state index < -0.39 is 0 Å². The zero-order chi connectivity index (χ0) is 15.4. The van der Waals surface area contributed by atoms with E-state index in [9.17, 15) is 9.90 Å². The Balaban J connectivity index is 2.20. The lowest BCUT2D eigenvalue weighted by molar-refractivity contribution is 0.0741. The molecule has 110 valence electrons. The van der Waals surface area contributed by atoms with E-state index in [1.807, 2.05) is 49.6 Å². The standard InChI is InChI=1S/C17H19NO2S/c1-12(15-6-4-5-7-16(15)19)18(2)17(20)13-8-10-14(21-3)11-9-13/h4-12,19H,1-3H3. The number of carbonyl (C=O) groups excluding carboxylic acids is 1. The van der Waals surface area contributed by atoms with Gasteiger partial charge in [-0.2, -0.15) is 0 Å². The van der Waals surface area contributed by atoms with Gasteiger partial charge >= 0.3 is 0 Å². The van der Waals surface area contributed by atoms with E-state index in [-0.39, 0.29) is 17.7 Å². The highest BCUT2D eigenvalue weighted by Gasteiger charge is 2.20. The average Bonchev–Trinajstić information content (AvgIpc) is 2.53. The van der Waals surface area contributed by atoms with Crippen LogP contribution in [0, 0.1) is 0 Å². The van der Waals surface area contributed by atoms with Gasteiger partial charge in [0.2, 0.25) is 0 Å². The molecule has 4 heteroatoms. The van der Waals surface area contributed by atoms with Crippen LogP contribution in [-0.4, -0.2) is 29.2 Å². The monoisotopic (exact) mass is 301 g/mol. The maximum atomic E-state index is 12.5. The summed E-state index contributed by atoms with van der Waals surface area (Å²) in [6.07, 6.45) is 2.00. The second-order valence-electron chi connectivity index (χ2n) is 4.88. The molecule has 0 fully saturated rings. The Morgan fingerprint density at radius 3 is 2.33 bits per heavy atom. The number of amides is 1. The molecule has 0 saturated carbocycles. The van der Waals surface area contributed by atoms with Gasteiger partial charge < -0.3 is 10.0 Å². The largest absolute Gasteiger partial charge is 0.508 e. The maximum absolute atomic E-state index is 12.5. The topological polar surface area (TPSA) is 40.5 Å². The lowest BCUT2D eigenvalue weighted by Crippen LogP contribution is -2.29. The summed E-state index contributed by atoms with van der Waals surface area (Å²) in [5.41, 5.74) is 1.40. The molecular formula is C17H19NO2S. The summed E-state index contributed by atoms with van der Waals surface area (Å²) in [7, 11) is 1.75. The first-order chi connectivity index (χ1) is 10.0. The minimum atomic E-state index is -0.195. The predicted molar refractivity (Wildman–Crippen MR) is 86.8 cm³/mol. The molecule has 0 radical (unpaired) electrons. The summed E-state index contributed by atoms with van der Waals surface area (Å²) in [5, 5.41) is 9.91. The van der Waals surface area contributed by atoms with E-state index >= 15 is 0 Å². The number of carbonyl (C=O) groups is 1. The molecule has 2 aromatic carbocycles. The molecular weight excluding hydrogens is 282 g/mol. The van der Waals surface area contributed by atoms with Crippen LogP contribution in [0.2, 0.25) is 0 Å². The van der Waals surface area contributed by atoms with Gasteiger partial charge in [0, 0.05) is 23.1 Å². The first-order valence-corrected chi connectivity index (χ1v) is 7.96. The molecule has 2 rings (SSSR count). The Hall–Kier alpha value is -1.94. The first kappa shape index (κ1) is 15.4. The number of aromatic hydroxyl groups is 1. The number of hydrogen-bond donors (Lipinski definition) is 1. The van der Waals surface area contributed by atoms with Crippen molar-refractivity contribution in [1.29, 1.82) is 0 Å².